The van der Waals surface area contributed by atoms with E-state index >= 15 is 0 Å². The van der Waals surface area contributed by atoms with E-state index in [-0.39, 0.29) is 0 Å². The van der Waals surface area contributed by atoms with E-state index in [9.17, 15) is 0 Å². The molecule has 0 bridgehead atoms. The van der Waals surface area contributed by atoms with Gasteiger partial charge in [-0.05, 0) is 37.5 Å². The molecule has 0 aliphatic heterocycles. The lowest BCUT2D eigenvalue weighted by Crippen LogP contribution is -2.01. The lowest BCUT2D eigenvalue weighted by Gasteiger charge is -2.12. The largest absolute Gasteiger partial charge is 0.398 e. The first-order valence-electron chi connectivity index (χ1n) is 5.40. The zero-order valence-corrected chi connectivity index (χ0v) is 10.5. The fourth-order valence-electron chi connectivity index (χ4n) is 1.98. The van der Waals surface area contributed by atoms with Crippen molar-refractivity contribution >= 4 is 28.2 Å². The fourth-order valence-corrected chi connectivity index (χ4v) is 2.23. The maximum atomic E-state index is 6.18. The van der Waals surface area contributed by atoms with Crippen LogP contribution in [0, 0.1) is 13.8 Å². The summed E-state index contributed by atoms with van der Waals surface area (Å²) in [5.41, 5.74) is 11.0. The highest BCUT2D eigenvalue weighted by atomic mass is 35.5. The van der Waals surface area contributed by atoms with E-state index < -0.39 is 0 Å². The van der Waals surface area contributed by atoms with Gasteiger partial charge in [0, 0.05) is 16.8 Å². The van der Waals surface area contributed by atoms with Crippen LogP contribution >= 0.6 is 11.6 Å². The normalized spacial score (nSPS) is 11.0. The molecule has 0 spiro atoms. The van der Waals surface area contributed by atoms with Crippen LogP contribution in [0.2, 0.25) is 5.02 Å². The third-order valence-corrected chi connectivity index (χ3v) is 3.33. The lowest BCUT2D eigenvalue weighted by molar-refractivity contribution is 1.03. The number of aryl methyl sites for hydroxylation is 2. The number of nitrogens with zero attached hydrogens (tertiary/aromatic N) is 1. The Hall–Kier alpha value is -1.28. The van der Waals surface area contributed by atoms with Crippen LogP contribution in [0.15, 0.2) is 12.1 Å². The first-order chi connectivity index (χ1) is 7.56. The molecule has 0 aliphatic rings. The minimum atomic E-state index is 0.677. The lowest BCUT2D eigenvalue weighted by atomic mass is 10.0. The van der Waals surface area contributed by atoms with Gasteiger partial charge in [-0.15, -0.1) is 0 Å². The van der Waals surface area contributed by atoms with Crippen LogP contribution in [0.5, 0.6) is 0 Å². The topological polar surface area (TPSA) is 38.9 Å². The van der Waals surface area contributed by atoms with Crippen molar-refractivity contribution in [3.05, 3.63) is 34.0 Å². The van der Waals surface area contributed by atoms with Gasteiger partial charge in [0.1, 0.15) is 0 Å². The monoisotopic (exact) mass is 234 g/mol. The van der Waals surface area contributed by atoms with E-state index in [1.807, 2.05) is 26.0 Å². The molecule has 2 rings (SSSR count). The molecule has 1 heterocycles. The molecule has 0 amide bonds. The molecule has 0 saturated heterocycles. The summed E-state index contributed by atoms with van der Waals surface area (Å²) in [6.07, 6.45) is 0.887. The average molecular weight is 235 g/mol. The average Bonchev–Trinajstić information content (AvgIpc) is 2.27. The zero-order chi connectivity index (χ0) is 11.9. The molecule has 1 aromatic carbocycles. The smallest absolute Gasteiger partial charge is 0.0770 e. The summed E-state index contributed by atoms with van der Waals surface area (Å²) < 4.78 is 0. The Morgan fingerprint density at radius 3 is 2.62 bits per heavy atom. The van der Waals surface area contributed by atoms with Crippen LogP contribution < -0.4 is 5.73 Å². The Morgan fingerprint density at radius 1 is 1.31 bits per heavy atom. The van der Waals surface area contributed by atoms with E-state index in [1.165, 1.54) is 0 Å². The van der Waals surface area contributed by atoms with Crippen LogP contribution in [0.3, 0.4) is 0 Å². The van der Waals surface area contributed by atoms with Gasteiger partial charge >= 0.3 is 0 Å². The Balaban J connectivity index is 2.97. The third-order valence-electron chi connectivity index (χ3n) is 3.02. The summed E-state index contributed by atoms with van der Waals surface area (Å²) in [6.45, 7) is 6.11. The number of hydrogen-bond donors (Lipinski definition) is 1. The van der Waals surface area contributed by atoms with Crippen molar-refractivity contribution in [2.24, 2.45) is 0 Å². The van der Waals surface area contributed by atoms with Gasteiger partial charge < -0.3 is 5.73 Å². The molecule has 2 N–H and O–H groups in total. The summed E-state index contributed by atoms with van der Waals surface area (Å²) in [6, 6.07) is 3.86. The molecule has 0 saturated carbocycles. The first kappa shape index (κ1) is 11.2. The molecule has 0 fully saturated rings. The number of benzene rings is 1. The maximum Gasteiger partial charge on any atom is 0.0770 e. The summed E-state index contributed by atoms with van der Waals surface area (Å²) in [7, 11) is 0. The van der Waals surface area contributed by atoms with Crippen LogP contribution in [0.1, 0.15) is 23.7 Å². The minimum absolute atomic E-state index is 0.677. The molecule has 0 radical (unpaired) electrons. The molecular weight excluding hydrogens is 220 g/mol. The molecule has 16 heavy (non-hydrogen) atoms. The second-order valence-corrected chi connectivity index (χ2v) is 4.45. The fraction of sp³-hybridized carbons (Fsp3) is 0.308. The summed E-state index contributed by atoms with van der Waals surface area (Å²) >= 11 is 6.18. The number of rotatable bonds is 1. The van der Waals surface area contributed by atoms with E-state index in [0.717, 1.165) is 39.8 Å². The highest BCUT2D eigenvalue weighted by molar-refractivity contribution is 6.36. The van der Waals surface area contributed by atoms with Crippen molar-refractivity contribution in [2.75, 3.05) is 5.73 Å². The van der Waals surface area contributed by atoms with Crippen molar-refractivity contribution in [2.45, 2.75) is 27.2 Å². The van der Waals surface area contributed by atoms with E-state index in [1.54, 1.807) is 0 Å². The number of nitrogen functional groups attached to an aromatic ring is 1. The van der Waals surface area contributed by atoms with Gasteiger partial charge in [-0.1, -0.05) is 24.6 Å². The number of aromatic nitrogens is 1. The SMILES string of the molecule is CCc1nc2c(C)ccc(Cl)c2c(N)c1C. The van der Waals surface area contributed by atoms with Gasteiger partial charge in [-0.2, -0.15) is 0 Å². The predicted octanol–water partition coefficient (Wildman–Crippen LogP) is 3.65. The molecule has 2 aromatic rings. The van der Waals surface area contributed by atoms with Crippen LogP contribution in [-0.2, 0) is 6.42 Å². The van der Waals surface area contributed by atoms with Crippen molar-refractivity contribution < 1.29 is 0 Å². The van der Waals surface area contributed by atoms with Crippen molar-refractivity contribution in [1.82, 2.24) is 4.98 Å². The molecule has 3 heteroatoms. The van der Waals surface area contributed by atoms with Gasteiger partial charge in [0.2, 0.25) is 0 Å². The van der Waals surface area contributed by atoms with Gasteiger partial charge in [0.05, 0.1) is 10.5 Å². The molecule has 1 aromatic heterocycles. The zero-order valence-electron chi connectivity index (χ0n) is 9.76. The number of fused-ring (bicyclic) bond motifs is 1. The number of hydrogen-bond acceptors (Lipinski definition) is 2. The standard InChI is InChI=1S/C13H15ClN2/c1-4-10-8(3)12(15)11-9(14)6-5-7(2)13(11)16-10/h5-6H,4H2,1-3H3,(H2,15,16). The maximum absolute atomic E-state index is 6.18. The van der Waals surface area contributed by atoms with Crippen molar-refractivity contribution in [3.63, 3.8) is 0 Å². The van der Waals surface area contributed by atoms with Crippen LogP contribution in [-0.4, -0.2) is 4.98 Å². The number of pyridine rings is 1. The third kappa shape index (κ3) is 1.54. The Kier molecular flexibility index (Phi) is 2.76. The Labute approximate surface area is 100 Å². The quantitative estimate of drug-likeness (QED) is 0.818. The van der Waals surface area contributed by atoms with Gasteiger partial charge in [-0.25, -0.2) is 0 Å². The van der Waals surface area contributed by atoms with E-state index in [2.05, 4.69) is 11.9 Å². The van der Waals surface area contributed by atoms with Crippen molar-refractivity contribution in [1.29, 1.82) is 0 Å². The van der Waals surface area contributed by atoms with Gasteiger partial charge in [0.25, 0.3) is 0 Å². The number of nitrogens with two attached hydrogens (primary N) is 1. The van der Waals surface area contributed by atoms with E-state index in [4.69, 9.17) is 17.3 Å². The van der Waals surface area contributed by atoms with Crippen molar-refractivity contribution in [3.8, 4) is 0 Å². The minimum Gasteiger partial charge on any atom is -0.398 e. The van der Waals surface area contributed by atoms with E-state index in [0.29, 0.717) is 5.02 Å². The highest BCUT2D eigenvalue weighted by Gasteiger charge is 2.12. The Morgan fingerprint density at radius 2 is 2.00 bits per heavy atom. The molecule has 2 nitrogen and oxygen atoms in total. The molecule has 84 valence electrons. The second kappa shape index (κ2) is 3.95. The summed E-state index contributed by atoms with van der Waals surface area (Å²) in [5.74, 6) is 0. The van der Waals surface area contributed by atoms with Crippen LogP contribution in [0.4, 0.5) is 5.69 Å². The van der Waals surface area contributed by atoms with Gasteiger partial charge in [-0.3, -0.25) is 4.98 Å². The molecule has 0 atom stereocenters. The molecule has 0 aliphatic carbocycles. The van der Waals surface area contributed by atoms with Gasteiger partial charge in [0.15, 0.2) is 0 Å². The van der Waals surface area contributed by atoms with Crippen LogP contribution in [0.25, 0.3) is 10.9 Å². The molecule has 0 unspecified atom stereocenters. The molecular formula is C13H15ClN2. The first-order valence-corrected chi connectivity index (χ1v) is 5.77. The Bertz CT molecular complexity index is 562. The predicted molar refractivity (Wildman–Crippen MR) is 70.0 cm³/mol. The summed E-state index contributed by atoms with van der Waals surface area (Å²) in [5, 5.41) is 1.56. The second-order valence-electron chi connectivity index (χ2n) is 4.04. The summed E-state index contributed by atoms with van der Waals surface area (Å²) in [4.78, 5) is 4.65. The number of halogens is 1. The number of anilines is 1. The highest BCUT2D eigenvalue weighted by Crippen LogP contribution is 2.33.